The van der Waals surface area contributed by atoms with Crippen LogP contribution in [0.2, 0.25) is 0 Å². The molecule has 21 heavy (non-hydrogen) atoms. The van der Waals surface area contributed by atoms with Crippen molar-refractivity contribution < 1.29 is 5.11 Å². The molecular formula is C17H23N3O. The van der Waals surface area contributed by atoms with E-state index in [1.807, 2.05) is 22.9 Å². The van der Waals surface area contributed by atoms with Crippen molar-refractivity contribution in [2.24, 2.45) is 0 Å². The second kappa shape index (κ2) is 5.19. The van der Waals surface area contributed by atoms with Gasteiger partial charge in [0.2, 0.25) is 0 Å². The van der Waals surface area contributed by atoms with Gasteiger partial charge in [0.25, 0.3) is 0 Å². The second-order valence-corrected chi connectivity index (χ2v) is 5.92. The lowest BCUT2D eigenvalue weighted by molar-refractivity contribution is 0.0369. The van der Waals surface area contributed by atoms with Crippen LogP contribution in [0.5, 0.6) is 0 Å². The third-order valence-corrected chi connectivity index (χ3v) is 4.49. The Bertz CT molecular complexity index is 662. The summed E-state index contributed by atoms with van der Waals surface area (Å²) in [6.45, 7) is 5.03. The predicted octanol–water partition coefficient (Wildman–Crippen LogP) is 2.42. The van der Waals surface area contributed by atoms with Gasteiger partial charge < -0.3 is 10.8 Å². The van der Waals surface area contributed by atoms with Gasteiger partial charge in [-0.25, -0.2) is 0 Å². The molecule has 0 spiro atoms. The number of aryl methyl sites for hydroxylation is 3. The smallest absolute Gasteiger partial charge is 0.0957 e. The number of benzene rings is 1. The average Bonchev–Trinajstić information content (AvgIpc) is 3.00. The van der Waals surface area contributed by atoms with Crippen LogP contribution in [0.25, 0.3) is 0 Å². The van der Waals surface area contributed by atoms with Gasteiger partial charge >= 0.3 is 0 Å². The topological polar surface area (TPSA) is 64.1 Å². The largest absolute Gasteiger partial charge is 0.399 e. The number of anilines is 1. The van der Waals surface area contributed by atoms with Crippen molar-refractivity contribution in [2.75, 3.05) is 5.73 Å². The van der Waals surface area contributed by atoms with Crippen LogP contribution in [0.1, 0.15) is 42.8 Å². The Labute approximate surface area is 125 Å². The number of fused-ring (bicyclic) bond motifs is 1. The first kappa shape index (κ1) is 14.1. The summed E-state index contributed by atoms with van der Waals surface area (Å²) in [5, 5.41) is 15.7. The Morgan fingerprint density at radius 3 is 2.86 bits per heavy atom. The number of nitrogens with zero attached hydrogens (tertiary/aromatic N) is 2. The lowest BCUT2D eigenvalue weighted by atomic mass is 9.90. The van der Waals surface area contributed by atoms with Crippen LogP contribution in [-0.4, -0.2) is 14.9 Å². The summed E-state index contributed by atoms with van der Waals surface area (Å²) in [6.07, 6.45) is 3.18. The summed E-state index contributed by atoms with van der Waals surface area (Å²) < 4.78 is 2.01. The van der Waals surface area contributed by atoms with Crippen LogP contribution in [-0.2, 0) is 31.4 Å². The van der Waals surface area contributed by atoms with Gasteiger partial charge in [-0.05, 0) is 55.5 Å². The molecule has 1 aromatic heterocycles. The minimum Gasteiger partial charge on any atom is -0.399 e. The number of hydrogen-bond acceptors (Lipinski definition) is 3. The zero-order chi connectivity index (χ0) is 15.0. The van der Waals surface area contributed by atoms with Gasteiger partial charge in [0.1, 0.15) is 0 Å². The number of hydrogen-bond donors (Lipinski definition) is 2. The first-order valence-corrected chi connectivity index (χ1v) is 7.72. The molecule has 0 bridgehead atoms. The van der Waals surface area contributed by atoms with Crippen LogP contribution in [0.4, 0.5) is 5.69 Å². The summed E-state index contributed by atoms with van der Waals surface area (Å²) in [5.41, 5.74) is 10.2. The summed E-state index contributed by atoms with van der Waals surface area (Å²) in [6, 6.07) is 7.97. The van der Waals surface area contributed by atoms with Gasteiger partial charge in [0.05, 0.1) is 11.3 Å². The SMILES string of the molecule is CCc1cc(CC2(O)CCc3cc(N)ccc32)n(CC)n1. The van der Waals surface area contributed by atoms with Crippen molar-refractivity contribution >= 4 is 5.69 Å². The highest BCUT2D eigenvalue weighted by molar-refractivity contribution is 5.49. The maximum atomic E-state index is 11.1. The number of nitrogen functional groups attached to an aromatic ring is 1. The van der Waals surface area contributed by atoms with E-state index in [-0.39, 0.29) is 0 Å². The van der Waals surface area contributed by atoms with E-state index in [0.29, 0.717) is 6.42 Å². The van der Waals surface area contributed by atoms with Gasteiger partial charge in [-0.3, -0.25) is 4.68 Å². The molecule has 0 saturated heterocycles. The Hall–Kier alpha value is -1.81. The molecule has 4 heteroatoms. The minimum atomic E-state index is -0.791. The number of aromatic nitrogens is 2. The molecule has 0 saturated carbocycles. The fourth-order valence-corrected chi connectivity index (χ4v) is 3.34. The molecule has 0 amide bonds. The molecule has 1 unspecified atom stereocenters. The van der Waals surface area contributed by atoms with Crippen molar-refractivity contribution in [3.05, 3.63) is 46.8 Å². The zero-order valence-electron chi connectivity index (χ0n) is 12.8. The standard InChI is InChI=1S/C17H23N3O/c1-3-14-10-15(20(4-2)19-14)11-17(21)8-7-12-9-13(18)5-6-16(12)17/h5-6,9-10,21H,3-4,7-8,11,18H2,1-2H3. The van der Waals surface area contributed by atoms with Crippen LogP contribution < -0.4 is 5.73 Å². The van der Waals surface area contributed by atoms with E-state index in [1.165, 1.54) is 5.56 Å². The molecular weight excluding hydrogens is 262 g/mol. The highest BCUT2D eigenvalue weighted by Gasteiger charge is 2.37. The molecule has 3 N–H and O–H groups in total. The molecule has 0 radical (unpaired) electrons. The molecule has 1 aliphatic rings. The van der Waals surface area contributed by atoms with E-state index in [1.54, 1.807) is 0 Å². The van der Waals surface area contributed by atoms with Gasteiger partial charge in [-0.15, -0.1) is 0 Å². The van der Waals surface area contributed by atoms with Crippen LogP contribution in [0, 0.1) is 0 Å². The zero-order valence-corrected chi connectivity index (χ0v) is 12.8. The summed E-state index contributed by atoms with van der Waals surface area (Å²) >= 11 is 0. The monoisotopic (exact) mass is 285 g/mol. The molecule has 3 rings (SSSR count). The molecule has 112 valence electrons. The van der Waals surface area contributed by atoms with Gasteiger partial charge in [0.15, 0.2) is 0 Å². The number of aliphatic hydroxyl groups is 1. The average molecular weight is 285 g/mol. The highest BCUT2D eigenvalue weighted by Crippen LogP contribution is 2.40. The maximum Gasteiger partial charge on any atom is 0.0957 e. The molecule has 1 aromatic carbocycles. The predicted molar refractivity (Wildman–Crippen MR) is 84.1 cm³/mol. The molecule has 1 heterocycles. The lowest BCUT2D eigenvalue weighted by Crippen LogP contribution is -2.26. The first-order chi connectivity index (χ1) is 10.1. The summed E-state index contributed by atoms with van der Waals surface area (Å²) in [5.74, 6) is 0. The number of nitrogens with two attached hydrogens (primary N) is 1. The van der Waals surface area contributed by atoms with E-state index in [9.17, 15) is 5.11 Å². The van der Waals surface area contributed by atoms with Gasteiger partial charge in [0, 0.05) is 24.3 Å². The third kappa shape index (κ3) is 2.44. The van der Waals surface area contributed by atoms with Crippen LogP contribution in [0.15, 0.2) is 24.3 Å². The molecule has 2 aromatic rings. The molecule has 0 aliphatic heterocycles. The van der Waals surface area contributed by atoms with E-state index < -0.39 is 5.60 Å². The number of rotatable bonds is 4. The quantitative estimate of drug-likeness (QED) is 0.848. The summed E-state index contributed by atoms with van der Waals surface area (Å²) in [7, 11) is 0. The van der Waals surface area contributed by atoms with E-state index >= 15 is 0 Å². The molecule has 1 atom stereocenters. The fraction of sp³-hybridized carbons (Fsp3) is 0.471. The van der Waals surface area contributed by atoms with E-state index in [0.717, 1.165) is 48.4 Å². The second-order valence-electron chi connectivity index (χ2n) is 5.92. The third-order valence-electron chi connectivity index (χ3n) is 4.49. The van der Waals surface area contributed by atoms with E-state index in [2.05, 4.69) is 25.0 Å². The van der Waals surface area contributed by atoms with Crippen molar-refractivity contribution in [1.82, 2.24) is 9.78 Å². The Kier molecular flexibility index (Phi) is 3.49. The van der Waals surface area contributed by atoms with Crippen molar-refractivity contribution in [2.45, 2.75) is 51.7 Å². The fourth-order valence-electron chi connectivity index (χ4n) is 3.34. The Morgan fingerprint density at radius 1 is 1.33 bits per heavy atom. The minimum absolute atomic E-state index is 0.616. The van der Waals surface area contributed by atoms with Crippen molar-refractivity contribution in [1.29, 1.82) is 0 Å². The molecule has 0 fully saturated rings. The Morgan fingerprint density at radius 2 is 2.14 bits per heavy atom. The maximum absolute atomic E-state index is 11.1. The molecule has 1 aliphatic carbocycles. The van der Waals surface area contributed by atoms with E-state index in [4.69, 9.17) is 5.73 Å². The van der Waals surface area contributed by atoms with Crippen molar-refractivity contribution in [3.8, 4) is 0 Å². The van der Waals surface area contributed by atoms with Gasteiger partial charge in [-0.1, -0.05) is 13.0 Å². The van der Waals surface area contributed by atoms with Crippen molar-refractivity contribution in [3.63, 3.8) is 0 Å². The highest BCUT2D eigenvalue weighted by atomic mass is 16.3. The Balaban J connectivity index is 1.94. The lowest BCUT2D eigenvalue weighted by Gasteiger charge is -2.24. The molecule has 4 nitrogen and oxygen atoms in total. The van der Waals surface area contributed by atoms with Crippen LogP contribution >= 0.6 is 0 Å². The normalized spacial score (nSPS) is 20.7. The summed E-state index contributed by atoms with van der Waals surface area (Å²) in [4.78, 5) is 0. The first-order valence-electron chi connectivity index (χ1n) is 7.72. The van der Waals surface area contributed by atoms with Gasteiger partial charge in [-0.2, -0.15) is 5.10 Å². The van der Waals surface area contributed by atoms with Crippen LogP contribution in [0.3, 0.4) is 0 Å².